The summed E-state index contributed by atoms with van der Waals surface area (Å²) in [5.41, 5.74) is 14.3. The van der Waals surface area contributed by atoms with Gasteiger partial charge in [0.15, 0.2) is 11.6 Å². The van der Waals surface area contributed by atoms with Crippen molar-refractivity contribution < 1.29 is 4.39 Å². The van der Waals surface area contributed by atoms with Crippen molar-refractivity contribution >= 4 is 28.1 Å². The summed E-state index contributed by atoms with van der Waals surface area (Å²) in [5, 5.41) is 8.65. The van der Waals surface area contributed by atoms with Crippen molar-refractivity contribution in [3.8, 4) is 0 Å². The van der Waals surface area contributed by atoms with E-state index in [1.165, 1.54) is 6.07 Å². The van der Waals surface area contributed by atoms with Crippen LogP contribution in [-0.2, 0) is 13.1 Å². The SMILES string of the molecule is C=C(N)c1cc(F)c(N)nc1CNc1cncc2c1cnn2CC(C)C. The molecule has 136 valence electrons. The van der Waals surface area contributed by atoms with Crippen LogP contribution >= 0.6 is 0 Å². The van der Waals surface area contributed by atoms with Crippen molar-refractivity contribution in [1.82, 2.24) is 19.7 Å². The normalized spacial score (nSPS) is 11.2. The molecule has 3 aromatic heterocycles. The molecule has 5 N–H and O–H groups in total. The highest BCUT2D eigenvalue weighted by Crippen LogP contribution is 2.24. The number of anilines is 2. The molecule has 7 nitrogen and oxygen atoms in total. The van der Waals surface area contributed by atoms with Gasteiger partial charge in [0.1, 0.15) is 0 Å². The summed E-state index contributed by atoms with van der Waals surface area (Å²) in [6.45, 7) is 9.04. The lowest BCUT2D eigenvalue weighted by atomic mass is 10.1. The minimum absolute atomic E-state index is 0.173. The van der Waals surface area contributed by atoms with Crippen LogP contribution in [0.15, 0.2) is 31.2 Å². The van der Waals surface area contributed by atoms with E-state index in [1.807, 2.05) is 4.68 Å². The molecule has 0 radical (unpaired) electrons. The maximum atomic E-state index is 13.7. The minimum Gasteiger partial charge on any atom is -0.399 e. The number of fused-ring (bicyclic) bond motifs is 1. The highest BCUT2D eigenvalue weighted by atomic mass is 19.1. The average molecular weight is 355 g/mol. The Morgan fingerprint density at radius 3 is 2.81 bits per heavy atom. The van der Waals surface area contributed by atoms with E-state index in [4.69, 9.17) is 11.5 Å². The number of hydrogen-bond acceptors (Lipinski definition) is 6. The average Bonchev–Trinajstić information content (AvgIpc) is 2.98. The zero-order valence-electron chi connectivity index (χ0n) is 14.8. The first-order chi connectivity index (χ1) is 12.4. The molecule has 0 unspecified atom stereocenters. The Balaban J connectivity index is 1.90. The predicted octanol–water partition coefficient (Wildman–Crippen LogP) is 2.75. The van der Waals surface area contributed by atoms with Crippen LogP contribution in [0.2, 0.25) is 0 Å². The maximum Gasteiger partial charge on any atom is 0.165 e. The van der Waals surface area contributed by atoms with Crippen molar-refractivity contribution in [1.29, 1.82) is 0 Å². The molecule has 0 aliphatic heterocycles. The molecular weight excluding hydrogens is 333 g/mol. The Bertz CT molecular complexity index is 962. The van der Waals surface area contributed by atoms with Crippen molar-refractivity contribution in [2.24, 2.45) is 11.7 Å². The van der Waals surface area contributed by atoms with Crippen molar-refractivity contribution in [3.05, 3.63) is 48.3 Å². The molecule has 0 aliphatic rings. The Morgan fingerprint density at radius 2 is 2.12 bits per heavy atom. The van der Waals surface area contributed by atoms with Gasteiger partial charge in [-0.2, -0.15) is 5.10 Å². The van der Waals surface area contributed by atoms with Gasteiger partial charge in [0.2, 0.25) is 0 Å². The number of nitrogens with one attached hydrogen (secondary N) is 1. The molecule has 3 rings (SSSR count). The number of rotatable bonds is 6. The summed E-state index contributed by atoms with van der Waals surface area (Å²) in [6.07, 6.45) is 5.31. The van der Waals surface area contributed by atoms with Crippen LogP contribution in [0.25, 0.3) is 16.6 Å². The van der Waals surface area contributed by atoms with E-state index >= 15 is 0 Å². The van der Waals surface area contributed by atoms with Crippen LogP contribution in [0.3, 0.4) is 0 Å². The number of nitrogen functional groups attached to an aromatic ring is 1. The van der Waals surface area contributed by atoms with Crippen molar-refractivity contribution in [3.63, 3.8) is 0 Å². The lowest BCUT2D eigenvalue weighted by Crippen LogP contribution is -2.11. The van der Waals surface area contributed by atoms with Crippen LogP contribution < -0.4 is 16.8 Å². The lowest BCUT2D eigenvalue weighted by molar-refractivity contribution is 0.495. The van der Waals surface area contributed by atoms with Crippen molar-refractivity contribution in [2.75, 3.05) is 11.1 Å². The van der Waals surface area contributed by atoms with Gasteiger partial charge >= 0.3 is 0 Å². The molecule has 0 saturated carbocycles. The molecule has 0 aromatic carbocycles. The van der Waals surface area contributed by atoms with Crippen LogP contribution in [0.1, 0.15) is 25.1 Å². The summed E-state index contributed by atoms with van der Waals surface area (Å²) >= 11 is 0. The molecule has 0 saturated heterocycles. The lowest BCUT2D eigenvalue weighted by Gasteiger charge is -2.12. The monoisotopic (exact) mass is 355 g/mol. The molecule has 0 spiro atoms. The number of halogens is 1. The molecule has 3 aromatic rings. The Labute approximate surface area is 150 Å². The van der Waals surface area contributed by atoms with Crippen molar-refractivity contribution in [2.45, 2.75) is 26.9 Å². The third kappa shape index (κ3) is 3.44. The van der Waals surface area contributed by atoms with Crippen LogP contribution in [0, 0.1) is 11.7 Å². The predicted molar refractivity (Wildman–Crippen MR) is 102 cm³/mol. The second kappa shape index (κ2) is 6.99. The quantitative estimate of drug-likeness (QED) is 0.627. The first kappa shape index (κ1) is 17.7. The zero-order valence-corrected chi connectivity index (χ0v) is 14.8. The Morgan fingerprint density at radius 1 is 1.35 bits per heavy atom. The summed E-state index contributed by atoms with van der Waals surface area (Å²) < 4.78 is 15.6. The topological polar surface area (TPSA) is 108 Å². The molecule has 3 heterocycles. The van der Waals surface area contributed by atoms with Gasteiger partial charge in [0.25, 0.3) is 0 Å². The molecule has 0 atom stereocenters. The van der Waals surface area contributed by atoms with Gasteiger partial charge < -0.3 is 16.8 Å². The largest absolute Gasteiger partial charge is 0.399 e. The Hall–Kier alpha value is -3.16. The third-order valence-corrected chi connectivity index (χ3v) is 3.98. The van der Waals surface area contributed by atoms with Crippen LogP contribution in [-0.4, -0.2) is 19.7 Å². The second-order valence-electron chi connectivity index (χ2n) is 6.57. The van der Waals surface area contributed by atoms with Gasteiger partial charge in [-0.05, 0) is 12.0 Å². The molecular formula is C18H22FN7. The number of aromatic nitrogens is 4. The first-order valence-corrected chi connectivity index (χ1v) is 8.29. The molecule has 0 fully saturated rings. The van der Waals surface area contributed by atoms with Gasteiger partial charge in [0.05, 0.1) is 42.0 Å². The molecule has 26 heavy (non-hydrogen) atoms. The maximum absolute atomic E-state index is 13.7. The zero-order chi connectivity index (χ0) is 18.8. The summed E-state index contributed by atoms with van der Waals surface area (Å²) in [7, 11) is 0. The van der Waals surface area contributed by atoms with Gasteiger partial charge in [-0.15, -0.1) is 0 Å². The molecule has 0 bridgehead atoms. The fourth-order valence-electron chi connectivity index (χ4n) is 2.76. The minimum atomic E-state index is -0.617. The van der Waals surface area contributed by atoms with E-state index in [-0.39, 0.29) is 11.5 Å². The van der Waals surface area contributed by atoms with E-state index < -0.39 is 5.82 Å². The number of nitrogens with zero attached hydrogens (tertiary/aromatic N) is 4. The van der Waals surface area contributed by atoms with E-state index in [0.717, 1.165) is 23.1 Å². The smallest absolute Gasteiger partial charge is 0.165 e. The highest BCUT2D eigenvalue weighted by molar-refractivity contribution is 5.90. The van der Waals surface area contributed by atoms with Gasteiger partial charge in [-0.3, -0.25) is 9.67 Å². The number of pyridine rings is 2. The summed E-state index contributed by atoms with van der Waals surface area (Å²) in [4.78, 5) is 8.38. The molecule has 0 aliphatic carbocycles. The molecule has 0 amide bonds. The van der Waals surface area contributed by atoms with E-state index in [9.17, 15) is 4.39 Å². The fourth-order valence-corrected chi connectivity index (χ4v) is 2.76. The van der Waals surface area contributed by atoms with E-state index in [1.54, 1.807) is 18.6 Å². The van der Waals surface area contributed by atoms with E-state index in [2.05, 4.69) is 40.8 Å². The summed E-state index contributed by atoms with van der Waals surface area (Å²) in [6, 6.07) is 1.25. The first-order valence-electron chi connectivity index (χ1n) is 8.29. The van der Waals surface area contributed by atoms with Gasteiger partial charge in [0, 0.05) is 23.2 Å². The highest BCUT2D eigenvalue weighted by Gasteiger charge is 2.13. The number of hydrogen-bond donors (Lipinski definition) is 3. The number of nitrogens with two attached hydrogens (primary N) is 2. The van der Waals surface area contributed by atoms with Gasteiger partial charge in [-0.25, -0.2) is 9.37 Å². The standard InChI is InChI=1S/C18H22FN7/c1-10(2)9-26-17-8-22-6-15(13(17)5-24-26)23-7-16-12(11(3)20)4-14(19)18(21)25-16/h4-6,8,10,23H,3,7,9,20H2,1-2H3,(H2,21,25). The van der Waals surface area contributed by atoms with E-state index in [0.29, 0.717) is 23.7 Å². The third-order valence-electron chi connectivity index (χ3n) is 3.98. The Kier molecular flexibility index (Phi) is 4.75. The second-order valence-corrected chi connectivity index (χ2v) is 6.57. The van der Waals surface area contributed by atoms with Crippen LogP contribution in [0.5, 0.6) is 0 Å². The molecule has 8 heteroatoms. The van der Waals surface area contributed by atoms with Crippen LogP contribution in [0.4, 0.5) is 15.9 Å². The van der Waals surface area contributed by atoms with Gasteiger partial charge in [-0.1, -0.05) is 20.4 Å². The summed E-state index contributed by atoms with van der Waals surface area (Å²) in [5.74, 6) is -0.318. The fraction of sp³-hybridized carbons (Fsp3) is 0.278.